The molecule has 2 aromatic rings. The highest BCUT2D eigenvalue weighted by Crippen LogP contribution is 2.40. The van der Waals surface area contributed by atoms with Crippen LogP contribution in [-0.2, 0) is 25.9 Å². The Morgan fingerprint density at radius 1 is 1.03 bits per heavy atom. The monoisotopic (exact) mass is 440 g/mol. The Hall–Kier alpha value is -2.28. The largest absolute Gasteiger partial charge is 0.353 e. The number of fused-ring (bicyclic) bond motifs is 3. The zero-order valence-electron chi connectivity index (χ0n) is 18.7. The molecule has 7 heteroatoms. The van der Waals surface area contributed by atoms with Gasteiger partial charge in [-0.1, -0.05) is 18.2 Å². The number of nitrogens with zero attached hydrogens (tertiary/aromatic N) is 4. The van der Waals surface area contributed by atoms with Gasteiger partial charge in [0.15, 0.2) is 0 Å². The Balaban J connectivity index is 1.16. The van der Waals surface area contributed by atoms with Gasteiger partial charge in [0, 0.05) is 38.1 Å². The van der Waals surface area contributed by atoms with Crippen LogP contribution in [0, 0.1) is 11.7 Å². The van der Waals surface area contributed by atoms with Crippen LogP contribution >= 0.6 is 0 Å². The summed E-state index contributed by atoms with van der Waals surface area (Å²) in [6.07, 6.45) is 10.2. The van der Waals surface area contributed by atoms with Gasteiger partial charge in [-0.25, -0.2) is 18.5 Å². The van der Waals surface area contributed by atoms with Gasteiger partial charge in [-0.05, 0) is 75.3 Å². The van der Waals surface area contributed by atoms with Gasteiger partial charge in [-0.2, -0.15) is 4.98 Å². The third kappa shape index (κ3) is 4.32. The first kappa shape index (κ1) is 21.6. The molecule has 2 unspecified atom stereocenters. The van der Waals surface area contributed by atoms with Crippen LogP contribution in [0.2, 0.25) is 0 Å². The summed E-state index contributed by atoms with van der Waals surface area (Å²) in [7, 11) is 0. The van der Waals surface area contributed by atoms with Crippen LogP contribution in [0.5, 0.6) is 0 Å². The van der Waals surface area contributed by atoms with Gasteiger partial charge in [0.2, 0.25) is 0 Å². The molecule has 2 saturated heterocycles. The fourth-order valence-electron chi connectivity index (χ4n) is 6.19. The van der Waals surface area contributed by atoms with E-state index in [0.717, 1.165) is 50.6 Å². The van der Waals surface area contributed by atoms with Crippen LogP contribution in [0.25, 0.3) is 0 Å². The van der Waals surface area contributed by atoms with Gasteiger partial charge in [-0.15, -0.1) is 0 Å². The van der Waals surface area contributed by atoms with Crippen LogP contribution in [0.4, 0.5) is 4.39 Å². The molecule has 0 aliphatic carbocycles. The standard InChI is InChI=1S/C25H33FN4O2/c26-22-7-2-1-6-19(22)10-9-18-16-20-11-12-21(17-18)28(20)14-5-15-30-24(31)27-23-8-3-4-13-29(23)25(30)32/h1-2,6-7,18,20-21H,3-5,8-17H2. The minimum absolute atomic E-state index is 0.0873. The first-order chi connectivity index (χ1) is 15.6. The van der Waals surface area contributed by atoms with Gasteiger partial charge >= 0.3 is 11.4 Å². The summed E-state index contributed by atoms with van der Waals surface area (Å²) in [5.41, 5.74) is 0.255. The van der Waals surface area contributed by atoms with Crippen molar-refractivity contribution in [2.75, 3.05) is 6.54 Å². The molecule has 5 rings (SSSR count). The molecular weight excluding hydrogens is 407 g/mol. The molecule has 4 heterocycles. The maximum Gasteiger partial charge on any atom is 0.353 e. The van der Waals surface area contributed by atoms with Gasteiger partial charge < -0.3 is 0 Å². The van der Waals surface area contributed by atoms with E-state index in [-0.39, 0.29) is 11.5 Å². The summed E-state index contributed by atoms with van der Waals surface area (Å²) in [4.78, 5) is 31.9. The smallest absolute Gasteiger partial charge is 0.297 e. The second-order valence-corrected chi connectivity index (χ2v) is 9.80. The molecule has 2 fully saturated rings. The lowest BCUT2D eigenvalue weighted by molar-refractivity contribution is 0.0973. The average molecular weight is 441 g/mol. The lowest BCUT2D eigenvalue weighted by Crippen LogP contribution is -2.46. The number of aromatic nitrogens is 3. The molecule has 0 N–H and O–H groups in total. The Kier molecular flexibility index (Phi) is 6.26. The van der Waals surface area contributed by atoms with E-state index >= 15 is 0 Å². The lowest BCUT2D eigenvalue weighted by atomic mass is 9.86. The summed E-state index contributed by atoms with van der Waals surface area (Å²) < 4.78 is 17.0. The van der Waals surface area contributed by atoms with Crippen molar-refractivity contribution in [1.29, 1.82) is 0 Å². The van der Waals surface area contributed by atoms with Crippen molar-refractivity contribution in [3.05, 3.63) is 62.4 Å². The van der Waals surface area contributed by atoms with Crippen LogP contribution < -0.4 is 11.4 Å². The van der Waals surface area contributed by atoms with Gasteiger partial charge in [0.25, 0.3) is 0 Å². The van der Waals surface area contributed by atoms with E-state index in [1.165, 1.54) is 30.3 Å². The first-order valence-electron chi connectivity index (χ1n) is 12.3. The Morgan fingerprint density at radius 3 is 2.59 bits per heavy atom. The molecule has 3 aliphatic heterocycles. The number of piperidine rings is 1. The molecule has 0 spiro atoms. The Bertz CT molecular complexity index is 1060. The number of aryl methyl sites for hydroxylation is 2. The summed E-state index contributed by atoms with van der Waals surface area (Å²) in [6, 6.07) is 8.29. The van der Waals surface area contributed by atoms with E-state index in [2.05, 4.69) is 9.88 Å². The van der Waals surface area contributed by atoms with Crippen LogP contribution in [0.3, 0.4) is 0 Å². The van der Waals surface area contributed by atoms with Crippen molar-refractivity contribution in [2.45, 2.75) is 89.4 Å². The van der Waals surface area contributed by atoms with Crippen molar-refractivity contribution < 1.29 is 4.39 Å². The molecule has 0 saturated carbocycles. The van der Waals surface area contributed by atoms with E-state index in [0.29, 0.717) is 36.9 Å². The number of rotatable bonds is 7. The average Bonchev–Trinajstić information content (AvgIpc) is 3.03. The predicted molar refractivity (Wildman–Crippen MR) is 121 cm³/mol. The number of hydrogen-bond donors (Lipinski definition) is 0. The molecule has 1 aromatic heterocycles. The molecule has 1 aromatic carbocycles. The Labute approximate surface area is 188 Å². The van der Waals surface area contributed by atoms with Gasteiger partial charge in [-0.3, -0.25) is 9.47 Å². The van der Waals surface area contributed by atoms with E-state index in [4.69, 9.17) is 0 Å². The number of hydrogen-bond acceptors (Lipinski definition) is 4. The highest BCUT2D eigenvalue weighted by Gasteiger charge is 2.39. The summed E-state index contributed by atoms with van der Waals surface area (Å²) in [6.45, 7) is 2.03. The highest BCUT2D eigenvalue weighted by molar-refractivity contribution is 5.17. The topological polar surface area (TPSA) is 60.1 Å². The summed E-state index contributed by atoms with van der Waals surface area (Å²) in [5, 5.41) is 0. The molecule has 0 amide bonds. The van der Waals surface area contributed by atoms with Crippen molar-refractivity contribution in [1.82, 2.24) is 19.0 Å². The third-order valence-electron chi connectivity index (χ3n) is 7.82. The van der Waals surface area contributed by atoms with Crippen LogP contribution in [0.1, 0.15) is 62.8 Å². The van der Waals surface area contributed by atoms with Gasteiger partial charge in [0.05, 0.1) is 0 Å². The van der Waals surface area contributed by atoms with Crippen molar-refractivity contribution >= 4 is 0 Å². The molecule has 0 radical (unpaired) electrons. The van der Waals surface area contributed by atoms with E-state index < -0.39 is 5.69 Å². The predicted octanol–water partition coefficient (Wildman–Crippen LogP) is 3.15. The number of halogens is 1. The van der Waals surface area contributed by atoms with Crippen LogP contribution in [0.15, 0.2) is 33.9 Å². The normalized spacial score (nSPS) is 25.1. The fourth-order valence-corrected chi connectivity index (χ4v) is 6.19. The van der Waals surface area contributed by atoms with Crippen LogP contribution in [-0.4, -0.2) is 37.6 Å². The molecule has 172 valence electrons. The minimum atomic E-state index is -0.391. The molecule has 2 bridgehead atoms. The minimum Gasteiger partial charge on any atom is -0.297 e. The molecule has 2 atom stereocenters. The van der Waals surface area contributed by atoms with E-state index in [1.54, 1.807) is 16.7 Å². The lowest BCUT2D eigenvalue weighted by Gasteiger charge is -2.39. The first-order valence-corrected chi connectivity index (χ1v) is 12.3. The maximum atomic E-state index is 13.9. The zero-order chi connectivity index (χ0) is 22.1. The second kappa shape index (κ2) is 9.30. The van der Waals surface area contributed by atoms with Crippen molar-refractivity contribution in [3.63, 3.8) is 0 Å². The van der Waals surface area contributed by atoms with Gasteiger partial charge in [0.1, 0.15) is 11.6 Å². The van der Waals surface area contributed by atoms with Crippen molar-refractivity contribution in [3.8, 4) is 0 Å². The quantitative estimate of drug-likeness (QED) is 0.664. The number of benzene rings is 1. The molecule has 3 aliphatic rings. The zero-order valence-corrected chi connectivity index (χ0v) is 18.7. The fraction of sp³-hybridized carbons (Fsp3) is 0.640. The van der Waals surface area contributed by atoms with E-state index in [1.807, 2.05) is 12.1 Å². The second-order valence-electron chi connectivity index (χ2n) is 9.80. The third-order valence-corrected chi connectivity index (χ3v) is 7.82. The highest BCUT2D eigenvalue weighted by atomic mass is 19.1. The molecular formula is C25H33FN4O2. The molecule has 32 heavy (non-hydrogen) atoms. The summed E-state index contributed by atoms with van der Waals surface area (Å²) in [5.74, 6) is 1.22. The maximum absolute atomic E-state index is 13.9. The van der Waals surface area contributed by atoms with Crippen molar-refractivity contribution in [2.24, 2.45) is 5.92 Å². The van der Waals surface area contributed by atoms with E-state index in [9.17, 15) is 14.0 Å². The molecule has 6 nitrogen and oxygen atoms in total. The Morgan fingerprint density at radius 2 is 1.81 bits per heavy atom. The summed E-state index contributed by atoms with van der Waals surface area (Å²) >= 11 is 0. The SMILES string of the molecule is O=c1nc2n(c(=O)n1CCCN1C3CCC1CC(CCc1ccccc1F)C3)CCCC2.